The van der Waals surface area contributed by atoms with Crippen molar-refractivity contribution >= 4 is 5.91 Å². The Bertz CT molecular complexity index is 490. The van der Waals surface area contributed by atoms with Crippen LogP contribution < -0.4 is 10.1 Å². The van der Waals surface area contributed by atoms with Gasteiger partial charge in [0.05, 0.1) is 25.9 Å². The van der Waals surface area contributed by atoms with Gasteiger partial charge in [0, 0.05) is 12.1 Å². The first-order valence-corrected chi connectivity index (χ1v) is 7.35. The maximum Gasteiger partial charge on any atom is 0.241 e. The molecule has 1 aliphatic rings. The predicted molar refractivity (Wildman–Crippen MR) is 81.1 cm³/mol. The highest BCUT2D eigenvalue weighted by molar-refractivity contribution is 5.84. The topological polar surface area (TPSA) is 50.8 Å². The lowest BCUT2D eigenvalue weighted by molar-refractivity contribution is -0.130. The maximum absolute atomic E-state index is 12.3. The van der Waals surface area contributed by atoms with Crippen LogP contribution in [0.2, 0.25) is 0 Å². The summed E-state index contributed by atoms with van der Waals surface area (Å²) in [6.07, 6.45) is -0.00258. The fraction of sp³-hybridized carbons (Fsp3) is 0.562. The van der Waals surface area contributed by atoms with Crippen molar-refractivity contribution in [1.82, 2.24) is 10.2 Å². The van der Waals surface area contributed by atoms with Crippen molar-refractivity contribution in [1.29, 1.82) is 0 Å². The third-order valence-corrected chi connectivity index (χ3v) is 3.59. The van der Waals surface area contributed by atoms with Gasteiger partial charge in [-0.2, -0.15) is 0 Å². The van der Waals surface area contributed by atoms with Crippen LogP contribution in [-0.4, -0.2) is 43.2 Å². The molecule has 2 atom stereocenters. The predicted octanol–water partition coefficient (Wildman–Crippen LogP) is 1.94. The number of amides is 1. The molecular weight excluding hydrogens is 268 g/mol. The second-order valence-electron chi connectivity index (χ2n) is 5.48. The number of ether oxygens (including phenoxy) is 2. The Kier molecular flexibility index (Phi) is 5.20. The molecule has 1 saturated heterocycles. The summed E-state index contributed by atoms with van der Waals surface area (Å²) in [6.45, 7) is 6.96. The van der Waals surface area contributed by atoms with Crippen molar-refractivity contribution in [2.24, 2.45) is 0 Å². The van der Waals surface area contributed by atoms with E-state index in [1.807, 2.05) is 49.9 Å². The molecule has 116 valence electrons. The average Bonchev–Trinajstić information content (AvgIpc) is 2.75. The van der Waals surface area contributed by atoms with E-state index in [2.05, 4.69) is 5.32 Å². The van der Waals surface area contributed by atoms with Gasteiger partial charge in [0.2, 0.25) is 5.91 Å². The highest BCUT2D eigenvalue weighted by atomic mass is 16.5. The molecule has 0 radical (unpaired) electrons. The summed E-state index contributed by atoms with van der Waals surface area (Å²) in [5, 5.41) is 3.32. The molecule has 2 unspecified atom stereocenters. The van der Waals surface area contributed by atoms with Gasteiger partial charge in [-0.05, 0) is 26.8 Å². The molecule has 0 spiro atoms. The fourth-order valence-electron chi connectivity index (χ4n) is 2.55. The lowest BCUT2D eigenvalue weighted by Gasteiger charge is -2.26. The minimum absolute atomic E-state index is 0.0956. The van der Waals surface area contributed by atoms with Crippen molar-refractivity contribution in [3.05, 3.63) is 29.8 Å². The smallest absolute Gasteiger partial charge is 0.241 e. The zero-order chi connectivity index (χ0) is 15.4. The van der Waals surface area contributed by atoms with Gasteiger partial charge in [-0.15, -0.1) is 0 Å². The van der Waals surface area contributed by atoms with E-state index in [0.29, 0.717) is 13.2 Å². The van der Waals surface area contributed by atoms with Crippen LogP contribution in [-0.2, 0) is 9.53 Å². The van der Waals surface area contributed by atoms with Gasteiger partial charge >= 0.3 is 0 Å². The first-order valence-electron chi connectivity index (χ1n) is 7.35. The Balaban J connectivity index is 2.17. The van der Waals surface area contributed by atoms with Crippen LogP contribution in [0.3, 0.4) is 0 Å². The van der Waals surface area contributed by atoms with Crippen LogP contribution in [0.15, 0.2) is 24.3 Å². The second-order valence-corrected chi connectivity index (χ2v) is 5.48. The van der Waals surface area contributed by atoms with Crippen LogP contribution in [0.1, 0.15) is 32.5 Å². The van der Waals surface area contributed by atoms with Gasteiger partial charge in [0.1, 0.15) is 11.9 Å². The Hall–Kier alpha value is -1.59. The summed E-state index contributed by atoms with van der Waals surface area (Å²) in [6, 6.07) is 7.58. The normalized spacial score (nSPS) is 22.1. The van der Waals surface area contributed by atoms with Crippen LogP contribution >= 0.6 is 0 Å². The zero-order valence-electron chi connectivity index (χ0n) is 13.1. The third-order valence-electron chi connectivity index (χ3n) is 3.59. The third kappa shape index (κ3) is 3.54. The molecule has 0 aliphatic carbocycles. The summed E-state index contributed by atoms with van der Waals surface area (Å²) in [4.78, 5) is 14.2. The molecule has 5 heteroatoms. The van der Waals surface area contributed by atoms with E-state index in [9.17, 15) is 4.79 Å². The Morgan fingerprint density at radius 1 is 1.33 bits per heavy atom. The number of benzene rings is 1. The summed E-state index contributed by atoms with van der Waals surface area (Å²) in [5.41, 5.74) is 0.974. The Morgan fingerprint density at radius 2 is 2.05 bits per heavy atom. The SMILES string of the molecule is COc1ccccc1C1NC(C)C(=O)N1CCOC(C)C. The van der Waals surface area contributed by atoms with Gasteiger partial charge in [0.15, 0.2) is 0 Å². The second kappa shape index (κ2) is 6.91. The van der Waals surface area contributed by atoms with Crippen LogP contribution in [0.25, 0.3) is 0 Å². The minimum atomic E-state index is -0.195. The number of methoxy groups -OCH3 is 1. The molecule has 1 N–H and O–H groups in total. The molecule has 1 amide bonds. The number of nitrogens with one attached hydrogen (secondary N) is 1. The highest BCUT2D eigenvalue weighted by Gasteiger charge is 2.37. The molecule has 1 heterocycles. The number of rotatable bonds is 6. The molecule has 1 fully saturated rings. The van der Waals surface area contributed by atoms with Crippen molar-refractivity contribution < 1.29 is 14.3 Å². The molecule has 5 nitrogen and oxygen atoms in total. The number of carbonyl (C=O) groups excluding carboxylic acids is 1. The molecule has 0 bridgehead atoms. The molecular formula is C16H24N2O3. The molecule has 2 rings (SSSR count). The van der Waals surface area contributed by atoms with Crippen LogP contribution in [0, 0.1) is 0 Å². The molecule has 21 heavy (non-hydrogen) atoms. The van der Waals surface area contributed by atoms with Gasteiger partial charge < -0.3 is 14.4 Å². The molecule has 0 aromatic heterocycles. The standard InChI is InChI=1S/C16H24N2O3/c1-11(2)21-10-9-18-15(17-12(3)16(18)19)13-7-5-6-8-14(13)20-4/h5-8,11-12,15,17H,9-10H2,1-4H3. The molecule has 0 saturated carbocycles. The molecule has 1 aliphatic heterocycles. The number of carbonyl (C=O) groups is 1. The lowest BCUT2D eigenvalue weighted by Crippen LogP contribution is -2.34. The lowest BCUT2D eigenvalue weighted by atomic mass is 10.1. The molecule has 1 aromatic rings. The van der Waals surface area contributed by atoms with Crippen molar-refractivity contribution in [3.8, 4) is 5.75 Å². The first kappa shape index (κ1) is 15.8. The summed E-state index contributed by atoms with van der Waals surface area (Å²) in [7, 11) is 1.64. The van der Waals surface area contributed by atoms with E-state index in [4.69, 9.17) is 9.47 Å². The van der Waals surface area contributed by atoms with E-state index < -0.39 is 0 Å². The van der Waals surface area contributed by atoms with Crippen LogP contribution in [0.4, 0.5) is 0 Å². The fourth-order valence-corrected chi connectivity index (χ4v) is 2.55. The maximum atomic E-state index is 12.3. The summed E-state index contributed by atoms with van der Waals surface area (Å²) >= 11 is 0. The monoisotopic (exact) mass is 292 g/mol. The summed E-state index contributed by atoms with van der Waals surface area (Å²) < 4.78 is 11.0. The number of hydrogen-bond acceptors (Lipinski definition) is 4. The zero-order valence-corrected chi connectivity index (χ0v) is 13.1. The van der Waals surface area contributed by atoms with Gasteiger partial charge in [-0.25, -0.2) is 0 Å². The largest absolute Gasteiger partial charge is 0.496 e. The number of nitrogens with zero attached hydrogens (tertiary/aromatic N) is 1. The van der Waals surface area contributed by atoms with E-state index in [1.54, 1.807) is 7.11 Å². The quantitative estimate of drug-likeness (QED) is 0.870. The van der Waals surface area contributed by atoms with Crippen LogP contribution in [0.5, 0.6) is 5.75 Å². The average molecular weight is 292 g/mol. The minimum Gasteiger partial charge on any atom is -0.496 e. The number of para-hydroxylation sites is 1. The summed E-state index contributed by atoms with van der Waals surface area (Å²) in [5.74, 6) is 0.880. The number of hydrogen-bond donors (Lipinski definition) is 1. The van der Waals surface area contributed by atoms with E-state index in [1.165, 1.54) is 0 Å². The van der Waals surface area contributed by atoms with E-state index in [0.717, 1.165) is 11.3 Å². The molecule has 1 aromatic carbocycles. The Labute approximate surface area is 126 Å². The van der Waals surface area contributed by atoms with Crippen molar-refractivity contribution in [2.45, 2.75) is 39.1 Å². The van der Waals surface area contributed by atoms with Crippen molar-refractivity contribution in [3.63, 3.8) is 0 Å². The van der Waals surface area contributed by atoms with Gasteiger partial charge in [-0.1, -0.05) is 18.2 Å². The van der Waals surface area contributed by atoms with Crippen molar-refractivity contribution in [2.75, 3.05) is 20.3 Å². The van der Waals surface area contributed by atoms with Gasteiger partial charge in [-0.3, -0.25) is 10.1 Å². The Morgan fingerprint density at radius 3 is 2.71 bits per heavy atom. The van der Waals surface area contributed by atoms with E-state index >= 15 is 0 Å². The van der Waals surface area contributed by atoms with E-state index in [-0.39, 0.29) is 24.2 Å². The van der Waals surface area contributed by atoms with Gasteiger partial charge in [0.25, 0.3) is 0 Å². The highest BCUT2D eigenvalue weighted by Crippen LogP contribution is 2.31. The first-order chi connectivity index (χ1) is 10.0.